The predicted octanol–water partition coefficient (Wildman–Crippen LogP) is 1.95. The molecule has 4 heteroatoms. The van der Waals surface area contributed by atoms with Crippen molar-refractivity contribution in [3.63, 3.8) is 0 Å². The first kappa shape index (κ1) is 13.3. The van der Waals surface area contributed by atoms with Gasteiger partial charge in [-0.05, 0) is 46.7 Å². The number of amides is 1. The van der Waals surface area contributed by atoms with Gasteiger partial charge in [-0.2, -0.15) is 0 Å². The average molecular weight is 228 g/mol. The summed E-state index contributed by atoms with van der Waals surface area (Å²) in [6.07, 6.45) is 2.35. The van der Waals surface area contributed by atoms with E-state index in [1.54, 1.807) is 11.9 Å². The van der Waals surface area contributed by atoms with E-state index in [9.17, 15) is 4.79 Å². The molecular weight excluding hydrogens is 204 g/mol. The summed E-state index contributed by atoms with van der Waals surface area (Å²) in [5, 5.41) is 0. The van der Waals surface area contributed by atoms with E-state index in [1.165, 1.54) is 25.9 Å². The van der Waals surface area contributed by atoms with Crippen LogP contribution in [0.15, 0.2) is 0 Å². The van der Waals surface area contributed by atoms with Gasteiger partial charge in [-0.1, -0.05) is 0 Å². The maximum Gasteiger partial charge on any atom is 0.410 e. The van der Waals surface area contributed by atoms with E-state index in [1.807, 2.05) is 20.8 Å². The second kappa shape index (κ2) is 5.53. The Balaban J connectivity index is 2.23. The largest absolute Gasteiger partial charge is 0.444 e. The van der Waals surface area contributed by atoms with E-state index < -0.39 is 5.60 Å². The van der Waals surface area contributed by atoms with E-state index in [2.05, 4.69) is 4.90 Å². The van der Waals surface area contributed by atoms with Crippen LogP contribution in [0.1, 0.15) is 33.6 Å². The molecule has 0 aromatic carbocycles. The Labute approximate surface area is 98.5 Å². The highest BCUT2D eigenvalue weighted by Gasteiger charge is 2.20. The number of hydrogen-bond donors (Lipinski definition) is 0. The molecule has 0 aliphatic carbocycles. The minimum Gasteiger partial charge on any atom is -0.444 e. The fourth-order valence-corrected chi connectivity index (χ4v) is 1.73. The molecule has 0 spiro atoms. The lowest BCUT2D eigenvalue weighted by molar-refractivity contribution is 0.0287. The van der Waals surface area contributed by atoms with Crippen molar-refractivity contribution in [2.75, 3.05) is 33.2 Å². The normalized spacial score (nSPS) is 17.5. The zero-order valence-corrected chi connectivity index (χ0v) is 11.0. The topological polar surface area (TPSA) is 32.8 Å². The zero-order chi connectivity index (χ0) is 12.2. The number of carbonyl (C=O) groups is 1. The van der Waals surface area contributed by atoms with E-state index in [4.69, 9.17) is 4.74 Å². The van der Waals surface area contributed by atoms with Crippen LogP contribution in [0.4, 0.5) is 4.79 Å². The molecule has 1 amide bonds. The SMILES string of the molecule is CN(CCN1CCCC1)C(=O)OC(C)(C)C. The number of likely N-dealkylation sites (N-methyl/N-ethyl adjacent to an activating group) is 1. The van der Waals surface area contributed by atoms with E-state index >= 15 is 0 Å². The number of nitrogens with zero attached hydrogens (tertiary/aromatic N) is 2. The summed E-state index contributed by atoms with van der Waals surface area (Å²) >= 11 is 0. The third-order valence-electron chi connectivity index (χ3n) is 2.66. The first-order chi connectivity index (χ1) is 7.38. The summed E-state index contributed by atoms with van der Waals surface area (Å²) in [6.45, 7) is 9.70. The summed E-state index contributed by atoms with van der Waals surface area (Å²) < 4.78 is 5.28. The standard InChI is InChI=1S/C12H24N2O2/c1-12(2,3)16-11(15)13(4)9-10-14-7-5-6-8-14/h5-10H2,1-4H3. The first-order valence-corrected chi connectivity index (χ1v) is 6.05. The molecule has 16 heavy (non-hydrogen) atoms. The maximum absolute atomic E-state index is 11.6. The van der Waals surface area contributed by atoms with Crippen LogP contribution in [0, 0.1) is 0 Å². The number of rotatable bonds is 3. The van der Waals surface area contributed by atoms with Crippen molar-refractivity contribution >= 4 is 6.09 Å². The third kappa shape index (κ3) is 4.84. The van der Waals surface area contributed by atoms with Gasteiger partial charge in [-0.3, -0.25) is 0 Å². The molecule has 0 aromatic rings. The summed E-state index contributed by atoms with van der Waals surface area (Å²) in [6, 6.07) is 0. The van der Waals surface area contributed by atoms with Gasteiger partial charge in [0.05, 0.1) is 0 Å². The van der Waals surface area contributed by atoms with Crippen LogP contribution >= 0.6 is 0 Å². The lowest BCUT2D eigenvalue weighted by atomic mass is 10.2. The van der Waals surface area contributed by atoms with Crippen LogP contribution in [0.25, 0.3) is 0 Å². The first-order valence-electron chi connectivity index (χ1n) is 6.05. The zero-order valence-electron chi connectivity index (χ0n) is 11.0. The minimum atomic E-state index is -0.404. The minimum absolute atomic E-state index is 0.230. The highest BCUT2D eigenvalue weighted by Crippen LogP contribution is 2.10. The molecule has 4 nitrogen and oxygen atoms in total. The second-order valence-electron chi connectivity index (χ2n) is 5.45. The summed E-state index contributed by atoms with van der Waals surface area (Å²) in [5.41, 5.74) is -0.404. The van der Waals surface area contributed by atoms with Gasteiger partial charge in [0.25, 0.3) is 0 Å². The monoisotopic (exact) mass is 228 g/mol. The number of carbonyl (C=O) groups excluding carboxylic acids is 1. The Kier molecular flexibility index (Phi) is 4.59. The van der Waals surface area contributed by atoms with Gasteiger partial charge in [0, 0.05) is 20.1 Å². The smallest absolute Gasteiger partial charge is 0.410 e. The van der Waals surface area contributed by atoms with Gasteiger partial charge >= 0.3 is 6.09 Å². The van der Waals surface area contributed by atoms with Crippen molar-refractivity contribution in [3.05, 3.63) is 0 Å². The summed E-state index contributed by atoms with van der Waals surface area (Å²) in [7, 11) is 1.80. The van der Waals surface area contributed by atoms with Crippen molar-refractivity contribution in [3.8, 4) is 0 Å². The molecule has 0 atom stereocenters. The molecule has 1 rings (SSSR count). The van der Waals surface area contributed by atoms with Crippen molar-refractivity contribution in [2.45, 2.75) is 39.2 Å². The molecule has 1 saturated heterocycles. The Morgan fingerprint density at radius 2 is 1.88 bits per heavy atom. The number of hydrogen-bond acceptors (Lipinski definition) is 3. The molecule has 0 unspecified atom stereocenters. The molecular formula is C12H24N2O2. The highest BCUT2D eigenvalue weighted by atomic mass is 16.6. The predicted molar refractivity (Wildman–Crippen MR) is 64.5 cm³/mol. The lowest BCUT2D eigenvalue weighted by Crippen LogP contribution is -2.38. The lowest BCUT2D eigenvalue weighted by Gasteiger charge is -2.26. The molecule has 0 saturated carbocycles. The number of likely N-dealkylation sites (tertiary alicyclic amines) is 1. The van der Waals surface area contributed by atoms with Crippen molar-refractivity contribution in [2.24, 2.45) is 0 Å². The van der Waals surface area contributed by atoms with E-state index in [-0.39, 0.29) is 6.09 Å². The molecule has 0 radical (unpaired) electrons. The molecule has 0 N–H and O–H groups in total. The molecule has 1 fully saturated rings. The quantitative estimate of drug-likeness (QED) is 0.740. The molecule has 94 valence electrons. The average Bonchev–Trinajstić information content (AvgIpc) is 2.63. The van der Waals surface area contributed by atoms with Crippen LogP contribution < -0.4 is 0 Å². The maximum atomic E-state index is 11.6. The Morgan fingerprint density at radius 1 is 1.31 bits per heavy atom. The fourth-order valence-electron chi connectivity index (χ4n) is 1.73. The van der Waals surface area contributed by atoms with Gasteiger partial charge in [0.2, 0.25) is 0 Å². The van der Waals surface area contributed by atoms with Crippen molar-refractivity contribution in [1.82, 2.24) is 9.80 Å². The highest BCUT2D eigenvalue weighted by molar-refractivity contribution is 5.67. The van der Waals surface area contributed by atoms with E-state index in [0.29, 0.717) is 0 Å². The molecule has 0 bridgehead atoms. The molecule has 0 aromatic heterocycles. The van der Waals surface area contributed by atoms with Crippen LogP contribution in [-0.2, 0) is 4.74 Å². The van der Waals surface area contributed by atoms with Crippen LogP contribution in [0.3, 0.4) is 0 Å². The van der Waals surface area contributed by atoms with Crippen molar-refractivity contribution in [1.29, 1.82) is 0 Å². The summed E-state index contributed by atoms with van der Waals surface area (Å²) in [4.78, 5) is 15.7. The van der Waals surface area contributed by atoms with Crippen LogP contribution in [0.2, 0.25) is 0 Å². The van der Waals surface area contributed by atoms with Gasteiger partial charge in [-0.15, -0.1) is 0 Å². The van der Waals surface area contributed by atoms with Gasteiger partial charge in [0.1, 0.15) is 5.60 Å². The van der Waals surface area contributed by atoms with Crippen LogP contribution in [-0.4, -0.2) is 54.7 Å². The van der Waals surface area contributed by atoms with E-state index in [0.717, 1.165) is 13.1 Å². The fraction of sp³-hybridized carbons (Fsp3) is 0.917. The third-order valence-corrected chi connectivity index (χ3v) is 2.66. The van der Waals surface area contributed by atoms with Gasteiger partial charge < -0.3 is 14.5 Å². The molecule has 1 heterocycles. The number of ether oxygens (including phenoxy) is 1. The molecule has 1 aliphatic heterocycles. The second-order valence-corrected chi connectivity index (χ2v) is 5.45. The Morgan fingerprint density at radius 3 is 2.38 bits per heavy atom. The van der Waals surface area contributed by atoms with Gasteiger partial charge in [0.15, 0.2) is 0 Å². The molecule has 1 aliphatic rings. The Bertz CT molecular complexity index is 230. The van der Waals surface area contributed by atoms with Gasteiger partial charge in [-0.25, -0.2) is 4.79 Å². The van der Waals surface area contributed by atoms with Crippen molar-refractivity contribution < 1.29 is 9.53 Å². The van der Waals surface area contributed by atoms with Crippen LogP contribution in [0.5, 0.6) is 0 Å². The summed E-state index contributed by atoms with van der Waals surface area (Å²) in [5.74, 6) is 0. The Hall–Kier alpha value is -0.770.